The van der Waals surface area contributed by atoms with Gasteiger partial charge in [0.2, 0.25) is 0 Å². The van der Waals surface area contributed by atoms with Crippen molar-refractivity contribution in [1.82, 2.24) is 5.32 Å². The molecule has 96 valence electrons. The van der Waals surface area contributed by atoms with E-state index in [9.17, 15) is 8.60 Å². The van der Waals surface area contributed by atoms with Gasteiger partial charge in [-0.2, -0.15) is 0 Å². The molecule has 0 heterocycles. The van der Waals surface area contributed by atoms with Crippen molar-refractivity contribution in [1.29, 1.82) is 0 Å². The summed E-state index contributed by atoms with van der Waals surface area (Å²) in [6.07, 6.45) is 0. The van der Waals surface area contributed by atoms with Crippen LogP contribution in [0.3, 0.4) is 0 Å². The molecule has 0 amide bonds. The molecule has 4 heteroatoms. The van der Waals surface area contributed by atoms with E-state index in [2.05, 4.69) is 5.32 Å². The first-order chi connectivity index (χ1) is 7.89. The van der Waals surface area contributed by atoms with Gasteiger partial charge in [-0.1, -0.05) is 12.1 Å². The van der Waals surface area contributed by atoms with Gasteiger partial charge in [0, 0.05) is 34.4 Å². The summed E-state index contributed by atoms with van der Waals surface area (Å²) >= 11 is 0. The number of rotatable bonds is 5. The topological polar surface area (TPSA) is 29.1 Å². The predicted octanol–water partition coefficient (Wildman–Crippen LogP) is 2.46. The van der Waals surface area contributed by atoms with Gasteiger partial charge in [0.15, 0.2) is 0 Å². The second-order valence-electron chi connectivity index (χ2n) is 4.97. The van der Waals surface area contributed by atoms with Crippen LogP contribution in [0.4, 0.5) is 4.39 Å². The molecule has 0 bridgehead atoms. The molecule has 1 N–H and O–H groups in total. The van der Waals surface area contributed by atoms with Crippen molar-refractivity contribution in [2.24, 2.45) is 0 Å². The Morgan fingerprint density at radius 3 is 2.65 bits per heavy atom. The third kappa shape index (κ3) is 5.41. The van der Waals surface area contributed by atoms with Gasteiger partial charge in [0.25, 0.3) is 0 Å². The Hall–Kier alpha value is -0.740. The zero-order valence-corrected chi connectivity index (χ0v) is 11.4. The molecule has 17 heavy (non-hydrogen) atoms. The molecule has 0 fully saturated rings. The predicted molar refractivity (Wildman–Crippen MR) is 70.9 cm³/mol. The molecule has 0 radical (unpaired) electrons. The zero-order valence-electron chi connectivity index (χ0n) is 10.6. The lowest BCUT2D eigenvalue weighted by molar-refractivity contribution is 0.620. The van der Waals surface area contributed by atoms with Gasteiger partial charge in [-0.15, -0.1) is 0 Å². The molecule has 0 aliphatic heterocycles. The van der Waals surface area contributed by atoms with Crippen molar-refractivity contribution in [2.45, 2.75) is 32.1 Å². The molecular formula is C13H20FNOS. The highest BCUT2D eigenvalue weighted by Gasteiger charge is 2.18. The third-order valence-electron chi connectivity index (χ3n) is 2.37. The maximum Gasteiger partial charge on any atom is 0.123 e. The van der Waals surface area contributed by atoms with E-state index in [1.165, 1.54) is 12.1 Å². The van der Waals surface area contributed by atoms with Crippen LogP contribution >= 0.6 is 0 Å². The maximum atomic E-state index is 12.9. The smallest absolute Gasteiger partial charge is 0.123 e. The molecular weight excluding hydrogens is 237 g/mol. The fourth-order valence-corrected chi connectivity index (χ4v) is 2.29. The van der Waals surface area contributed by atoms with Crippen LogP contribution in [0, 0.1) is 5.82 Å². The molecule has 0 saturated carbocycles. The number of hydrogen-bond donors (Lipinski definition) is 1. The highest BCUT2D eigenvalue weighted by molar-refractivity contribution is 7.86. The lowest BCUT2D eigenvalue weighted by atomic mass is 10.2. The summed E-state index contributed by atoms with van der Waals surface area (Å²) < 4.78 is 24.5. The van der Waals surface area contributed by atoms with Gasteiger partial charge in [-0.25, -0.2) is 4.39 Å². The molecule has 0 unspecified atom stereocenters. The second-order valence-corrected chi connectivity index (χ2v) is 7.29. The van der Waals surface area contributed by atoms with Crippen LogP contribution in [-0.4, -0.2) is 21.3 Å². The Bertz CT molecular complexity index is 387. The van der Waals surface area contributed by atoms with Crippen LogP contribution in [0.5, 0.6) is 0 Å². The van der Waals surface area contributed by atoms with E-state index in [1.807, 2.05) is 26.8 Å². The highest BCUT2D eigenvalue weighted by atomic mass is 32.2. The SMILES string of the molecule is CC(C)(C)[S@](=O)CCNCc1cccc(F)c1. The van der Waals surface area contributed by atoms with Gasteiger partial charge < -0.3 is 5.32 Å². The zero-order chi connectivity index (χ0) is 12.9. The molecule has 0 aromatic heterocycles. The van der Waals surface area contributed by atoms with E-state index in [0.717, 1.165) is 5.56 Å². The highest BCUT2D eigenvalue weighted by Crippen LogP contribution is 2.10. The second kappa shape index (κ2) is 6.26. The van der Waals surface area contributed by atoms with Crippen molar-refractivity contribution in [3.63, 3.8) is 0 Å². The number of nitrogens with one attached hydrogen (secondary N) is 1. The van der Waals surface area contributed by atoms with Crippen LogP contribution in [-0.2, 0) is 17.3 Å². The van der Waals surface area contributed by atoms with E-state index < -0.39 is 10.8 Å². The Morgan fingerprint density at radius 2 is 2.06 bits per heavy atom. The Kier molecular flexibility index (Phi) is 5.28. The van der Waals surface area contributed by atoms with Crippen molar-refractivity contribution in [2.75, 3.05) is 12.3 Å². The van der Waals surface area contributed by atoms with Crippen molar-refractivity contribution in [3.8, 4) is 0 Å². The van der Waals surface area contributed by atoms with Crippen LogP contribution in [0.15, 0.2) is 24.3 Å². The minimum absolute atomic E-state index is 0.166. The third-order valence-corrected chi connectivity index (χ3v) is 4.31. The number of halogens is 1. The summed E-state index contributed by atoms with van der Waals surface area (Å²) in [6, 6.07) is 6.50. The molecule has 0 aliphatic carbocycles. The van der Waals surface area contributed by atoms with Crippen LogP contribution < -0.4 is 5.32 Å². The van der Waals surface area contributed by atoms with E-state index >= 15 is 0 Å². The number of hydrogen-bond acceptors (Lipinski definition) is 2. The standard InChI is InChI=1S/C13H20FNOS/c1-13(2,3)17(16)8-7-15-10-11-5-4-6-12(14)9-11/h4-6,9,15H,7-8,10H2,1-3H3/t17-/m1/s1. The average Bonchev–Trinajstić information content (AvgIpc) is 2.23. The van der Waals surface area contributed by atoms with Crippen molar-refractivity contribution >= 4 is 10.8 Å². The van der Waals surface area contributed by atoms with Crippen molar-refractivity contribution in [3.05, 3.63) is 35.6 Å². The molecule has 1 atom stereocenters. The Morgan fingerprint density at radius 1 is 1.35 bits per heavy atom. The fraction of sp³-hybridized carbons (Fsp3) is 0.538. The van der Waals surface area contributed by atoms with E-state index in [1.54, 1.807) is 6.07 Å². The van der Waals surface area contributed by atoms with Crippen LogP contribution in [0.25, 0.3) is 0 Å². The monoisotopic (exact) mass is 257 g/mol. The Labute approximate surface area is 105 Å². The normalized spacial score (nSPS) is 13.6. The minimum Gasteiger partial charge on any atom is -0.312 e. The summed E-state index contributed by atoms with van der Waals surface area (Å²) in [6.45, 7) is 7.19. The van der Waals surface area contributed by atoms with Crippen LogP contribution in [0.2, 0.25) is 0 Å². The minimum atomic E-state index is -0.836. The number of benzene rings is 1. The van der Waals surface area contributed by atoms with Gasteiger partial charge in [-0.3, -0.25) is 4.21 Å². The molecule has 0 aliphatic rings. The summed E-state index contributed by atoms with van der Waals surface area (Å²) in [4.78, 5) is 0. The molecule has 1 aromatic rings. The van der Waals surface area contributed by atoms with Gasteiger partial charge in [0.05, 0.1) is 0 Å². The molecule has 1 rings (SSSR count). The molecule has 0 saturated heterocycles. The summed E-state index contributed by atoms with van der Waals surface area (Å²) in [5, 5.41) is 3.17. The quantitative estimate of drug-likeness (QED) is 0.821. The van der Waals surface area contributed by atoms with Gasteiger partial charge in [0.1, 0.15) is 5.82 Å². The van der Waals surface area contributed by atoms with E-state index in [4.69, 9.17) is 0 Å². The molecule has 2 nitrogen and oxygen atoms in total. The largest absolute Gasteiger partial charge is 0.312 e. The molecule has 0 spiro atoms. The average molecular weight is 257 g/mol. The Balaban J connectivity index is 2.28. The van der Waals surface area contributed by atoms with Crippen molar-refractivity contribution < 1.29 is 8.60 Å². The first-order valence-electron chi connectivity index (χ1n) is 5.73. The maximum absolute atomic E-state index is 12.9. The first kappa shape index (κ1) is 14.3. The van der Waals surface area contributed by atoms with E-state index in [0.29, 0.717) is 18.8 Å². The lowest BCUT2D eigenvalue weighted by Crippen LogP contribution is -2.29. The molecule has 1 aromatic carbocycles. The first-order valence-corrected chi connectivity index (χ1v) is 7.05. The van der Waals surface area contributed by atoms with Gasteiger partial charge >= 0.3 is 0 Å². The summed E-state index contributed by atoms with van der Waals surface area (Å²) in [7, 11) is -0.836. The van der Waals surface area contributed by atoms with Gasteiger partial charge in [-0.05, 0) is 38.5 Å². The van der Waals surface area contributed by atoms with Crippen LogP contribution in [0.1, 0.15) is 26.3 Å². The summed E-state index contributed by atoms with van der Waals surface area (Å²) in [5.41, 5.74) is 0.909. The van der Waals surface area contributed by atoms with E-state index in [-0.39, 0.29) is 10.6 Å². The lowest BCUT2D eigenvalue weighted by Gasteiger charge is -2.17. The fourth-order valence-electron chi connectivity index (χ4n) is 1.35. The summed E-state index contributed by atoms with van der Waals surface area (Å²) in [5.74, 6) is 0.404.